The Morgan fingerprint density at radius 2 is 1.68 bits per heavy atom. The molecule has 2 aromatic carbocycles. The first kappa shape index (κ1) is 21.0. The number of rotatable bonds is 7. The normalized spacial score (nSPS) is 10.6. The van der Waals surface area contributed by atoms with Gasteiger partial charge in [-0.25, -0.2) is 5.43 Å². The highest BCUT2D eigenvalue weighted by atomic mass is 16.5. The van der Waals surface area contributed by atoms with E-state index in [1.54, 1.807) is 25.3 Å². The van der Waals surface area contributed by atoms with Crippen LogP contribution in [0.25, 0.3) is 0 Å². The second kappa shape index (κ2) is 10.1. The fourth-order valence-electron chi connectivity index (χ4n) is 2.72. The Kier molecular flexibility index (Phi) is 7.56. The average Bonchev–Trinajstić information content (AvgIpc) is 2.73. The first-order valence-electron chi connectivity index (χ1n) is 9.01. The Balaban J connectivity index is 2.08. The fraction of sp³-hybridized carbons (Fsp3) is 0.286. The zero-order chi connectivity index (χ0) is 20.5. The van der Waals surface area contributed by atoms with Crippen molar-refractivity contribution in [2.24, 2.45) is 5.10 Å². The molecule has 0 saturated heterocycles. The number of methoxy groups -OCH3 is 2. The summed E-state index contributed by atoms with van der Waals surface area (Å²) >= 11 is 0. The molecule has 0 radical (unpaired) electrons. The Morgan fingerprint density at radius 1 is 1.00 bits per heavy atom. The average molecular weight is 383 g/mol. The summed E-state index contributed by atoms with van der Waals surface area (Å²) in [5.41, 5.74) is 5.48. The standard InChI is InChI=1S/C21H25N3O4/c1-5-14-8-7-9-15(6-2)19(14)23-20(25)21(26)24-22-13-16-12-17(27-3)10-11-18(16)28-4/h7-13H,5-6H2,1-4H3,(H,23,25)(H,24,26)/b22-13+. The first-order chi connectivity index (χ1) is 13.5. The van der Waals surface area contributed by atoms with Crippen LogP contribution >= 0.6 is 0 Å². The summed E-state index contributed by atoms with van der Waals surface area (Å²) < 4.78 is 10.4. The number of carbonyl (C=O) groups excluding carboxylic acids is 2. The number of hydrazone groups is 1. The Hall–Kier alpha value is -3.35. The third kappa shape index (κ3) is 5.09. The van der Waals surface area contributed by atoms with E-state index < -0.39 is 11.8 Å². The van der Waals surface area contributed by atoms with Gasteiger partial charge >= 0.3 is 11.8 Å². The van der Waals surface area contributed by atoms with E-state index in [1.807, 2.05) is 32.0 Å². The summed E-state index contributed by atoms with van der Waals surface area (Å²) in [5, 5.41) is 6.55. The quantitative estimate of drug-likeness (QED) is 0.437. The fourth-order valence-corrected chi connectivity index (χ4v) is 2.72. The second-order valence-electron chi connectivity index (χ2n) is 5.92. The van der Waals surface area contributed by atoms with Gasteiger partial charge in [-0.2, -0.15) is 5.10 Å². The van der Waals surface area contributed by atoms with Gasteiger partial charge in [0.2, 0.25) is 0 Å². The highest BCUT2D eigenvalue weighted by Gasteiger charge is 2.16. The van der Waals surface area contributed by atoms with Crippen molar-refractivity contribution in [2.75, 3.05) is 19.5 Å². The molecule has 7 heteroatoms. The molecule has 0 atom stereocenters. The van der Waals surface area contributed by atoms with Crippen LogP contribution in [0.5, 0.6) is 11.5 Å². The lowest BCUT2D eigenvalue weighted by Gasteiger charge is -2.13. The van der Waals surface area contributed by atoms with Crippen LogP contribution in [-0.2, 0) is 22.4 Å². The monoisotopic (exact) mass is 383 g/mol. The number of nitrogens with zero attached hydrogens (tertiary/aromatic N) is 1. The van der Waals surface area contributed by atoms with Crippen LogP contribution in [0.4, 0.5) is 5.69 Å². The highest BCUT2D eigenvalue weighted by molar-refractivity contribution is 6.39. The van der Waals surface area contributed by atoms with Crippen molar-refractivity contribution in [2.45, 2.75) is 26.7 Å². The molecule has 0 unspecified atom stereocenters. The van der Waals surface area contributed by atoms with E-state index in [9.17, 15) is 9.59 Å². The van der Waals surface area contributed by atoms with E-state index in [-0.39, 0.29) is 0 Å². The van der Waals surface area contributed by atoms with E-state index >= 15 is 0 Å². The maximum Gasteiger partial charge on any atom is 0.329 e. The molecule has 0 spiro atoms. The Morgan fingerprint density at radius 3 is 2.25 bits per heavy atom. The van der Waals surface area contributed by atoms with Crippen molar-refractivity contribution in [3.05, 3.63) is 53.1 Å². The predicted molar refractivity (Wildman–Crippen MR) is 109 cm³/mol. The molecule has 0 heterocycles. The van der Waals surface area contributed by atoms with Crippen LogP contribution in [-0.4, -0.2) is 32.2 Å². The van der Waals surface area contributed by atoms with Gasteiger partial charge in [-0.3, -0.25) is 9.59 Å². The number of ether oxygens (including phenoxy) is 2. The summed E-state index contributed by atoms with van der Waals surface area (Å²) in [6, 6.07) is 11.0. The van der Waals surface area contributed by atoms with Gasteiger partial charge < -0.3 is 14.8 Å². The van der Waals surface area contributed by atoms with E-state index in [0.717, 1.165) is 24.0 Å². The number of aryl methyl sites for hydroxylation is 2. The third-order valence-electron chi connectivity index (χ3n) is 4.25. The van der Waals surface area contributed by atoms with Gasteiger partial charge in [-0.05, 0) is 42.2 Å². The highest BCUT2D eigenvalue weighted by Crippen LogP contribution is 2.23. The molecule has 2 N–H and O–H groups in total. The van der Waals surface area contributed by atoms with Crippen molar-refractivity contribution >= 4 is 23.7 Å². The van der Waals surface area contributed by atoms with Gasteiger partial charge in [0, 0.05) is 11.3 Å². The molecular weight excluding hydrogens is 358 g/mol. The lowest BCUT2D eigenvalue weighted by atomic mass is 10.0. The molecule has 2 rings (SSSR count). The van der Waals surface area contributed by atoms with Crippen molar-refractivity contribution in [3.63, 3.8) is 0 Å². The molecule has 2 amide bonds. The molecule has 2 aromatic rings. The lowest BCUT2D eigenvalue weighted by molar-refractivity contribution is -0.136. The van der Waals surface area contributed by atoms with Crippen LogP contribution in [0.15, 0.2) is 41.5 Å². The summed E-state index contributed by atoms with van der Waals surface area (Å²) in [7, 11) is 3.08. The maximum absolute atomic E-state index is 12.3. The largest absolute Gasteiger partial charge is 0.497 e. The molecule has 0 aliphatic rings. The van der Waals surface area contributed by atoms with Crippen LogP contribution < -0.4 is 20.2 Å². The summed E-state index contributed by atoms with van der Waals surface area (Å²) in [6.45, 7) is 3.99. The van der Waals surface area contributed by atoms with Gasteiger partial charge in [0.1, 0.15) is 11.5 Å². The van der Waals surface area contributed by atoms with Gasteiger partial charge in [0.15, 0.2) is 0 Å². The molecule has 0 saturated carbocycles. The first-order valence-corrected chi connectivity index (χ1v) is 9.01. The van der Waals surface area contributed by atoms with Gasteiger partial charge in [-0.1, -0.05) is 32.0 Å². The van der Waals surface area contributed by atoms with Gasteiger partial charge in [-0.15, -0.1) is 0 Å². The van der Waals surface area contributed by atoms with Crippen molar-refractivity contribution in [3.8, 4) is 11.5 Å². The van der Waals surface area contributed by atoms with Crippen molar-refractivity contribution < 1.29 is 19.1 Å². The van der Waals surface area contributed by atoms with E-state index in [0.29, 0.717) is 22.7 Å². The lowest BCUT2D eigenvalue weighted by Crippen LogP contribution is -2.33. The molecule has 148 valence electrons. The number of hydrogen-bond donors (Lipinski definition) is 2. The van der Waals surface area contributed by atoms with Crippen LogP contribution in [0.1, 0.15) is 30.5 Å². The van der Waals surface area contributed by atoms with Crippen LogP contribution in [0.3, 0.4) is 0 Å². The molecule has 0 fully saturated rings. The smallest absolute Gasteiger partial charge is 0.329 e. The minimum Gasteiger partial charge on any atom is -0.497 e. The second-order valence-corrected chi connectivity index (χ2v) is 5.92. The zero-order valence-electron chi connectivity index (χ0n) is 16.5. The Bertz CT molecular complexity index is 856. The minimum absolute atomic E-state index is 0.563. The van der Waals surface area contributed by atoms with E-state index in [1.165, 1.54) is 13.3 Å². The number of anilines is 1. The summed E-state index contributed by atoms with van der Waals surface area (Å²) in [6.07, 6.45) is 2.89. The predicted octanol–water partition coefficient (Wildman–Crippen LogP) is 2.92. The van der Waals surface area contributed by atoms with Gasteiger partial charge in [0.25, 0.3) is 0 Å². The SMILES string of the molecule is CCc1cccc(CC)c1NC(=O)C(=O)N/N=C/c1cc(OC)ccc1OC. The van der Waals surface area contributed by atoms with Crippen LogP contribution in [0.2, 0.25) is 0 Å². The summed E-state index contributed by atoms with van der Waals surface area (Å²) in [5.74, 6) is -0.446. The zero-order valence-corrected chi connectivity index (χ0v) is 16.5. The number of nitrogens with one attached hydrogen (secondary N) is 2. The third-order valence-corrected chi connectivity index (χ3v) is 4.25. The molecule has 7 nitrogen and oxygen atoms in total. The number of amides is 2. The molecule has 28 heavy (non-hydrogen) atoms. The number of para-hydroxylation sites is 1. The topological polar surface area (TPSA) is 89.0 Å². The molecule has 0 aliphatic heterocycles. The molecule has 0 aliphatic carbocycles. The minimum atomic E-state index is -0.855. The van der Waals surface area contributed by atoms with Crippen molar-refractivity contribution in [1.82, 2.24) is 5.43 Å². The molecular formula is C21H25N3O4. The number of hydrogen-bond acceptors (Lipinski definition) is 5. The number of carbonyl (C=O) groups is 2. The van der Waals surface area contributed by atoms with Gasteiger partial charge in [0.05, 0.1) is 20.4 Å². The maximum atomic E-state index is 12.3. The Labute approximate surface area is 164 Å². The van der Waals surface area contributed by atoms with Crippen molar-refractivity contribution in [1.29, 1.82) is 0 Å². The van der Waals surface area contributed by atoms with E-state index in [4.69, 9.17) is 9.47 Å². The molecule has 0 bridgehead atoms. The number of benzene rings is 2. The van der Waals surface area contributed by atoms with Crippen LogP contribution in [0, 0.1) is 0 Å². The summed E-state index contributed by atoms with van der Waals surface area (Å²) in [4.78, 5) is 24.4. The molecule has 0 aromatic heterocycles. The van der Waals surface area contributed by atoms with E-state index in [2.05, 4.69) is 15.8 Å².